The van der Waals surface area contributed by atoms with Crippen LogP contribution in [0.15, 0.2) is 24.3 Å². The number of hydrogen-bond donors (Lipinski definition) is 0. The second kappa shape index (κ2) is 5.83. The summed E-state index contributed by atoms with van der Waals surface area (Å²) in [6.45, 7) is 2.63. The van der Waals surface area contributed by atoms with Gasteiger partial charge in [-0.2, -0.15) is 0 Å². The number of hydrogen-bond acceptors (Lipinski definition) is 1. The second-order valence-corrected chi connectivity index (χ2v) is 4.47. The second-order valence-electron chi connectivity index (χ2n) is 2.63. The first kappa shape index (κ1) is 10.3. The van der Waals surface area contributed by atoms with E-state index in [0.29, 0.717) is 6.61 Å². The Balaban J connectivity index is 2.47. The molecule has 0 N–H and O–H groups in total. The van der Waals surface area contributed by atoms with Gasteiger partial charge in [-0.1, -0.05) is 0 Å². The van der Waals surface area contributed by atoms with Gasteiger partial charge in [0.15, 0.2) is 0 Å². The average Bonchev–Trinajstić information content (AvgIpc) is 2.15. The molecule has 0 atom stereocenters. The molecule has 0 heterocycles. The van der Waals surface area contributed by atoms with Crippen LogP contribution in [0.3, 0.4) is 0 Å². The number of rotatable bonds is 2. The molecule has 0 radical (unpaired) electrons. The van der Waals surface area contributed by atoms with Crippen molar-refractivity contribution in [1.82, 2.24) is 0 Å². The van der Waals surface area contributed by atoms with E-state index in [1.165, 1.54) is 10.0 Å². The Morgan fingerprint density at radius 3 is 2.62 bits per heavy atom. The molecule has 68 valence electrons. The van der Waals surface area contributed by atoms with Crippen molar-refractivity contribution < 1.29 is 4.74 Å². The van der Waals surface area contributed by atoms with E-state index in [0.717, 1.165) is 0 Å². The fourth-order valence-corrected chi connectivity index (χ4v) is 1.90. The maximum absolute atomic E-state index is 4.84. The van der Waals surface area contributed by atoms with E-state index >= 15 is 0 Å². The molecule has 1 aromatic rings. The summed E-state index contributed by atoms with van der Waals surface area (Å²) in [6, 6.07) is 8.51. The predicted molar refractivity (Wildman–Crippen MR) is 56.2 cm³/mol. The summed E-state index contributed by atoms with van der Waals surface area (Å²) in [5.41, 5.74) is 1.30. The topological polar surface area (TPSA) is 9.23 Å². The fraction of sp³-hybridized carbons (Fsp3) is 0.273. The van der Waals surface area contributed by atoms with Crippen LogP contribution in [0.4, 0.5) is 0 Å². The van der Waals surface area contributed by atoms with E-state index in [4.69, 9.17) is 4.74 Å². The van der Waals surface area contributed by atoms with E-state index < -0.39 is 0 Å². The summed E-state index contributed by atoms with van der Waals surface area (Å²) in [7, 11) is 1.66. The third kappa shape index (κ3) is 4.15. The standard InChI is InChI=1S/C11H12OSe/c1-10-4-6-11(7-5-10)13-9-3-8-12-2/h4-7H,8H2,1-2H3. The summed E-state index contributed by atoms with van der Waals surface area (Å²) >= 11 is 0.270. The normalized spacial score (nSPS) is 9.08. The summed E-state index contributed by atoms with van der Waals surface area (Å²) < 4.78 is 6.16. The molecule has 0 aliphatic carbocycles. The minimum atomic E-state index is 0.270. The van der Waals surface area contributed by atoms with Crippen molar-refractivity contribution in [3.63, 3.8) is 0 Å². The van der Waals surface area contributed by atoms with Crippen molar-refractivity contribution in [3.05, 3.63) is 29.8 Å². The molecule has 1 nitrogen and oxygen atoms in total. The first-order valence-electron chi connectivity index (χ1n) is 4.03. The Bertz CT molecular complexity index is 305. The molecule has 0 aliphatic rings. The Kier molecular flexibility index (Phi) is 4.64. The zero-order chi connectivity index (χ0) is 9.52. The SMILES string of the molecule is COCC#C[Se]c1ccc(C)cc1. The van der Waals surface area contributed by atoms with Crippen LogP contribution in [0, 0.1) is 17.7 Å². The van der Waals surface area contributed by atoms with E-state index in [-0.39, 0.29) is 15.0 Å². The molecule has 0 saturated carbocycles. The Morgan fingerprint density at radius 1 is 1.31 bits per heavy atom. The molecule has 0 aliphatic heterocycles. The molecule has 0 saturated heterocycles. The van der Waals surface area contributed by atoms with E-state index in [2.05, 4.69) is 41.9 Å². The zero-order valence-corrected chi connectivity index (χ0v) is 9.55. The van der Waals surface area contributed by atoms with E-state index in [1.807, 2.05) is 0 Å². The quantitative estimate of drug-likeness (QED) is 0.551. The Labute approximate surface area is 85.6 Å². The van der Waals surface area contributed by atoms with Crippen molar-refractivity contribution in [1.29, 1.82) is 0 Å². The van der Waals surface area contributed by atoms with Gasteiger partial charge in [-0.25, -0.2) is 0 Å². The van der Waals surface area contributed by atoms with Crippen molar-refractivity contribution in [2.45, 2.75) is 6.92 Å². The number of aryl methyl sites for hydroxylation is 1. The Hall–Kier alpha value is -0.741. The van der Waals surface area contributed by atoms with Gasteiger partial charge < -0.3 is 0 Å². The Morgan fingerprint density at radius 2 is 2.00 bits per heavy atom. The van der Waals surface area contributed by atoms with Gasteiger partial charge in [0, 0.05) is 0 Å². The first-order chi connectivity index (χ1) is 6.33. The van der Waals surface area contributed by atoms with Gasteiger partial charge in [-0.3, -0.25) is 0 Å². The van der Waals surface area contributed by atoms with Crippen molar-refractivity contribution in [2.24, 2.45) is 0 Å². The van der Waals surface area contributed by atoms with Gasteiger partial charge in [-0.15, -0.1) is 0 Å². The van der Waals surface area contributed by atoms with Crippen molar-refractivity contribution >= 4 is 19.4 Å². The molecule has 2 heteroatoms. The molecule has 13 heavy (non-hydrogen) atoms. The van der Waals surface area contributed by atoms with Gasteiger partial charge in [0.05, 0.1) is 0 Å². The molecule has 0 amide bonds. The average molecular weight is 239 g/mol. The fourth-order valence-electron chi connectivity index (χ4n) is 0.803. The zero-order valence-electron chi connectivity index (χ0n) is 7.83. The molecule has 1 aromatic carbocycles. The van der Waals surface area contributed by atoms with E-state index in [9.17, 15) is 0 Å². The van der Waals surface area contributed by atoms with E-state index in [1.54, 1.807) is 7.11 Å². The van der Waals surface area contributed by atoms with Crippen molar-refractivity contribution in [2.75, 3.05) is 13.7 Å². The molecular formula is C11H12OSe. The third-order valence-corrected chi connectivity index (χ3v) is 3.06. The number of ether oxygens (including phenoxy) is 1. The molecule has 0 fully saturated rings. The monoisotopic (exact) mass is 240 g/mol. The molecular weight excluding hydrogens is 227 g/mol. The van der Waals surface area contributed by atoms with Crippen LogP contribution in [0.5, 0.6) is 0 Å². The summed E-state index contributed by atoms with van der Waals surface area (Å²) in [5, 5.41) is 0. The number of methoxy groups -OCH3 is 1. The number of benzene rings is 1. The molecule has 0 bridgehead atoms. The minimum absolute atomic E-state index is 0.270. The molecule has 0 spiro atoms. The van der Waals surface area contributed by atoms with Crippen LogP contribution in [-0.2, 0) is 4.74 Å². The van der Waals surface area contributed by atoms with Gasteiger partial charge in [0.2, 0.25) is 0 Å². The van der Waals surface area contributed by atoms with Crippen molar-refractivity contribution in [3.8, 4) is 10.7 Å². The molecule has 1 rings (SSSR count). The van der Waals surface area contributed by atoms with Crippen LogP contribution < -0.4 is 4.46 Å². The van der Waals surface area contributed by atoms with Crippen LogP contribution in [-0.4, -0.2) is 28.7 Å². The van der Waals surface area contributed by atoms with Crippen LogP contribution in [0.2, 0.25) is 0 Å². The van der Waals surface area contributed by atoms with Crippen LogP contribution >= 0.6 is 0 Å². The predicted octanol–water partition coefficient (Wildman–Crippen LogP) is 0.932. The summed E-state index contributed by atoms with van der Waals surface area (Å²) in [4.78, 5) is 3.11. The molecule has 0 aromatic heterocycles. The van der Waals surface area contributed by atoms with Crippen LogP contribution in [0.25, 0.3) is 0 Å². The van der Waals surface area contributed by atoms with Gasteiger partial charge in [0.1, 0.15) is 0 Å². The summed E-state index contributed by atoms with van der Waals surface area (Å²) in [6.07, 6.45) is 0. The van der Waals surface area contributed by atoms with Gasteiger partial charge in [-0.05, 0) is 0 Å². The maximum atomic E-state index is 4.84. The van der Waals surface area contributed by atoms with Gasteiger partial charge in [0.25, 0.3) is 0 Å². The third-order valence-electron chi connectivity index (χ3n) is 1.48. The summed E-state index contributed by atoms with van der Waals surface area (Å²) in [5.74, 6) is 2.95. The molecule has 0 unspecified atom stereocenters. The van der Waals surface area contributed by atoms with Gasteiger partial charge >= 0.3 is 85.4 Å². The van der Waals surface area contributed by atoms with Crippen LogP contribution in [0.1, 0.15) is 5.56 Å². The first-order valence-corrected chi connectivity index (χ1v) is 5.74.